The Morgan fingerprint density at radius 3 is 2.75 bits per heavy atom. The zero-order chi connectivity index (χ0) is 11.3. The fraction of sp³-hybridized carbons (Fsp3) is 0.375. The van der Waals surface area contributed by atoms with E-state index in [0.29, 0.717) is 6.08 Å². The molecule has 0 aromatic carbocycles. The summed E-state index contributed by atoms with van der Waals surface area (Å²) in [6.07, 6.45) is 0.380. The summed E-state index contributed by atoms with van der Waals surface area (Å²) < 4.78 is 9.29. The van der Waals surface area contributed by atoms with Gasteiger partial charge in [-0.1, -0.05) is 0 Å². The van der Waals surface area contributed by atoms with E-state index in [9.17, 15) is 14.4 Å². The maximum absolute atomic E-state index is 10.9. The van der Waals surface area contributed by atoms with Gasteiger partial charge in [0.1, 0.15) is 6.61 Å². The zero-order valence-corrected chi connectivity index (χ0v) is 10.6. The molecule has 0 radical (unpaired) electrons. The molecule has 2 N–H and O–H groups in total. The quantitative estimate of drug-likeness (QED) is 0.297. The van der Waals surface area contributed by atoms with E-state index < -0.39 is 24.1 Å². The Bertz CT molecular complexity index is 316. The molecule has 8 heteroatoms. The molecule has 1 saturated heterocycles. The molecule has 1 heterocycles. The first kappa shape index (κ1) is 14.9. The second-order valence-corrected chi connectivity index (χ2v) is 2.71. The van der Waals surface area contributed by atoms with Gasteiger partial charge < -0.3 is 19.9 Å². The number of amides is 1. The number of carboxylic acids is 1. The zero-order valence-electron chi connectivity index (χ0n) is 8.63. The summed E-state index contributed by atoms with van der Waals surface area (Å²) in [4.78, 5) is 31.4. The molecule has 1 rings (SSSR count). The average Bonchev–Trinajstić information content (AvgIpc) is 2.58. The number of carboxylic acid groups (broad SMARTS) is 1. The van der Waals surface area contributed by atoms with E-state index in [2.05, 4.69) is 14.8 Å². The van der Waals surface area contributed by atoms with Crippen LogP contribution in [0.5, 0.6) is 0 Å². The first-order valence-corrected chi connectivity index (χ1v) is 4.10. The maximum atomic E-state index is 10.9. The maximum Gasteiger partial charge on any atom is 1.00 e. The van der Waals surface area contributed by atoms with Crippen molar-refractivity contribution >= 4 is 18.0 Å². The van der Waals surface area contributed by atoms with E-state index in [1.165, 1.54) is 0 Å². The number of hydrogen-bond donors (Lipinski definition) is 2. The largest absolute Gasteiger partial charge is 1.00 e. The second-order valence-electron chi connectivity index (χ2n) is 2.71. The van der Waals surface area contributed by atoms with Gasteiger partial charge in [0.2, 0.25) is 0 Å². The van der Waals surface area contributed by atoms with Crippen molar-refractivity contribution < 1.29 is 58.5 Å². The van der Waals surface area contributed by atoms with Gasteiger partial charge in [-0.05, 0) is 0 Å². The number of cyclic esters (lactones) is 1. The predicted octanol–water partition coefficient (Wildman–Crippen LogP) is -3.72. The van der Waals surface area contributed by atoms with E-state index in [1.54, 1.807) is 0 Å². The third-order valence-corrected chi connectivity index (χ3v) is 1.52. The smallest absolute Gasteiger partial charge is 0.478 e. The van der Waals surface area contributed by atoms with Gasteiger partial charge >= 0.3 is 47.6 Å². The van der Waals surface area contributed by atoms with Crippen molar-refractivity contribution in [3.05, 3.63) is 12.2 Å². The van der Waals surface area contributed by atoms with Gasteiger partial charge in [-0.2, -0.15) is 0 Å². The van der Waals surface area contributed by atoms with Crippen LogP contribution in [0.4, 0.5) is 4.79 Å². The Balaban J connectivity index is 0.00000225. The molecule has 0 spiro atoms. The van der Waals surface area contributed by atoms with E-state index in [4.69, 9.17) is 5.11 Å². The Morgan fingerprint density at radius 1 is 1.56 bits per heavy atom. The van der Waals surface area contributed by atoms with Crippen molar-refractivity contribution in [1.82, 2.24) is 5.32 Å². The van der Waals surface area contributed by atoms with Crippen LogP contribution in [0, 0.1) is 0 Å². The molecule has 0 aromatic heterocycles. The van der Waals surface area contributed by atoms with Crippen molar-refractivity contribution in [2.24, 2.45) is 0 Å². The molecule has 0 unspecified atom stereocenters. The first-order valence-electron chi connectivity index (χ1n) is 4.10. The van der Waals surface area contributed by atoms with E-state index >= 15 is 0 Å². The number of esters is 1. The Kier molecular flexibility index (Phi) is 6.78. The van der Waals surface area contributed by atoms with E-state index in [-0.39, 0.29) is 42.7 Å². The fourth-order valence-electron chi connectivity index (χ4n) is 0.887. The van der Waals surface area contributed by atoms with Gasteiger partial charge in [-0.15, -0.1) is 0 Å². The van der Waals surface area contributed by atoms with Gasteiger partial charge in [0.05, 0.1) is 6.54 Å². The fourth-order valence-corrected chi connectivity index (χ4v) is 0.887. The van der Waals surface area contributed by atoms with E-state index in [0.717, 1.165) is 6.08 Å². The number of ether oxygens (including phenoxy) is 2. The number of nitrogens with one attached hydrogen (secondary N) is 1. The molecule has 1 fully saturated rings. The van der Waals surface area contributed by atoms with Crippen LogP contribution in [0.1, 0.15) is 0 Å². The summed E-state index contributed by atoms with van der Waals surface area (Å²) in [5, 5.41) is 10.6. The number of rotatable bonds is 4. The van der Waals surface area contributed by atoms with Gasteiger partial charge in [0.15, 0.2) is 6.10 Å². The minimum atomic E-state index is -1.24. The van der Waals surface area contributed by atoms with Crippen LogP contribution < -0.4 is 34.9 Å². The van der Waals surface area contributed by atoms with E-state index in [1.807, 2.05) is 0 Å². The number of alkyl carbamates (subject to hydrolysis) is 1. The van der Waals surface area contributed by atoms with Crippen LogP contribution in [-0.2, 0) is 19.1 Å². The molecule has 0 saturated carbocycles. The minimum Gasteiger partial charge on any atom is -0.478 e. The molecule has 7 nitrogen and oxygen atoms in total. The summed E-state index contributed by atoms with van der Waals surface area (Å²) >= 11 is 0. The Labute approximate surface area is 113 Å². The van der Waals surface area contributed by atoms with Crippen molar-refractivity contribution in [3.63, 3.8) is 0 Å². The van der Waals surface area contributed by atoms with Gasteiger partial charge in [0.25, 0.3) is 0 Å². The number of carbonyl (C=O) groups is 3. The summed E-state index contributed by atoms with van der Waals surface area (Å²) in [6.45, 7) is 0.177. The molecule has 82 valence electrons. The summed E-state index contributed by atoms with van der Waals surface area (Å²) in [6, 6.07) is 0. The molecule has 0 aromatic rings. The summed E-state index contributed by atoms with van der Waals surface area (Å²) in [7, 11) is 0. The molecule has 0 aliphatic carbocycles. The third kappa shape index (κ3) is 5.74. The van der Waals surface area contributed by atoms with Crippen LogP contribution in [0.25, 0.3) is 0 Å². The molecular formula is C8H9NNaO6+. The van der Waals surface area contributed by atoms with Crippen molar-refractivity contribution in [1.29, 1.82) is 0 Å². The number of aliphatic carboxylic acids is 1. The van der Waals surface area contributed by atoms with Crippen molar-refractivity contribution in [2.75, 3.05) is 13.2 Å². The number of carbonyl (C=O) groups excluding carboxylic acids is 2. The Hall–Kier alpha value is -1.05. The normalized spacial score (nSPS) is 18.5. The first-order chi connectivity index (χ1) is 7.08. The SMILES string of the molecule is O=C(O)/C=C\C(=O)OC[C@@H]1CNC(=O)O1.[Na+]. The van der Waals surface area contributed by atoms with Gasteiger partial charge in [0, 0.05) is 12.2 Å². The van der Waals surface area contributed by atoms with Crippen LogP contribution in [-0.4, -0.2) is 42.4 Å². The molecule has 16 heavy (non-hydrogen) atoms. The average molecular weight is 238 g/mol. The summed E-state index contributed by atoms with van der Waals surface area (Å²) in [5.74, 6) is -2.03. The molecule has 1 aliphatic heterocycles. The predicted molar refractivity (Wildman–Crippen MR) is 46.0 cm³/mol. The molecule has 0 bridgehead atoms. The van der Waals surface area contributed by atoms with Crippen LogP contribution >= 0.6 is 0 Å². The molecular weight excluding hydrogens is 229 g/mol. The van der Waals surface area contributed by atoms with Crippen LogP contribution in [0.2, 0.25) is 0 Å². The number of hydrogen-bond acceptors (Lipinski definition) is 5. The third-order valence-electron chi connectivity index (χ3n) is 1.52. The van der Waals surface area contributed by atoms with Gasteiger partial charge in [-0.25, -0.2) is 14.4 Å². The minimum absolute atomic E-state index is 0. The summed E-state index contributed by atoms with van der Waals surface area (Å²) in [5.41, 5.74) is 0. The van der Waals surface area contributed by atoms with Crippen molar-refractivity contribution in [2.45, 2.75) is 6.10 Å². The Morgan fingerprint density at radius 2 is 2.25 bits per heavy atom. The molecule has 1 aliphatic rings. The van der Waals surface area contributed by atoms with Crippen LogP contribution in [0.3, 0.4) is 0 Å². The monoisotopic (exact) mass is 238 g/mol. The standard InChI is InChI=1S/C8H9NO6.Na/c10-6(11)1-2-7(12)14-4-5-3-9-8(13)15-5;/h1-2,5H,3-4H2,(H,9,13)(H,10,11);/q;+1/b2-1-;/t5-;/m0./s1. The second kappa shape index (κ2) is 7.26. The molecule has 1 amide bonds. The topological polar surface area (TPSA) is 102 Å². The van der Waals surface area contributed by atoms with Crippen molar-refractivity contribution in [3.8, 4) is 0 Å². The van der Waals surface area contributed by atoms with Gasteiger partial charge in [-0.3, -0.25) is 0 Å². The van der Waals surface area contributed by atoms with Crippen LogP contribution in [0.15, 0.2) is 12.2 Å². The molecule has 1 atom stereocenters.